The zero-order valence-electron chi connectivity index (χ0n) is 16.0. The first-order chi connectivity index (χ1) is 14.8. The molecule has 1 unspecified atom stereocenters. The SMILES string of the molecule is CC1C(=O)N(CC(=O)Nc2ccc(Cl)c(F)c2)c2cc(Cl)cc(F)c2-c2ccnnc21. The molecule has 31 heavy (non-hydrogen) atoms. The molecule has 0 radical (unpaired) electrons. The monoisotopic (exact) mass is 462 g/mol. The average molecular weight is 463 g/mol. The number of halogens is 4. The molecule has 2 aromatic carbocycles. The van der Waals surface area contributed by atoms with Gasteiger partial charge >= 0.3 is 0 Å². The molecule has 158 valence electrons. The molecule has 0 saturated carbocycles. The summed E-state index contributed by atoms with van der Waals surface area (Å²) in [6.45, 7) is 1.14. The number of carbonyl (C=O) groups is 2. The van der Waals surface area contributed by atoms with Gasteiger partial charge in [-0.1, -0.05) is 23.2 Å². The fourth-order valence-electron chi connectivity index (χ4n) is 3.46. The van der Waals surface area contributed by atoms with Crippen LogP contribution in [0.1, 0.15) is 18.5 Å². The first-order valence-corrected chi connectivity index (χ1v) is 9.89. The van der Waals surface area contributed by atoms with Crippen LogP contribution in [0.25, 0.3) is 11.1 Å². The second-order valence-electron chi connectivity index (χ2n) is 6.93. The minimum absolute atomic E-state index is 0.0624. The normalized spacial score (nSPS) is 15.2. The van der Waals surface area contributed by atoms with Gasteiger partial charge in [0.2, 0.25) is 11.8 Å². The summed E-state index contributed by atoms with van der Waals surface area (Å²) in [6.07, 6.45) is 1.39. The minimum atomic E-state index is -0.796. The molecular weight excluding hydrogens is 449 g/mol. The smallest absolute Gasteiger partial charge is 0.244 e. The third-order valence-corrected chi connectivity index (χ3v) is 5.42. The van der Waals surface area contributed by atoms with Crippen LogP contribution in [0.3, 0.4) is 0 Å². The number of nitrogens with one attached hydrogen (secondary N) is 1. The minimum Gasteiger partial charge on any atom is -0.324 e. The Hall–Kier alpha value is -3.10. The summed E-state index contributed by atoms with van der Waals surface area (Å²) in [5, 5.41) is 10.3. The Morgan fingerprint density at radius 2 is 1.94 bits per heavy atom. The van der Waals surface area contributed by atoms with Crippen molar-refractivity contribution >= 4 is 46.4 Å². The lowest BCUT2D eigenvalue weighted by Crippen LogP contribution is -2.40. The van der Waals surface area contributed by atoms with Gasteiger partial charge in [-0.25, -0.2) is 8.78 Å². The molecule has 1 aliphatic heterocycles. The van der Waals surface area contributed by atoms with E-state index in [4.69, 9.17) is 23.2 Å². The van der Waals surface area contributed by atoms with Gasteiger partial charge in [-0.3, -0.25) is 9.59 Å². The molecule has 2 heterocycles. The first kappa shape index (κ1) is 21.1. The van der Waals surface area contributed by atoms with E-state index in [1.807, 2.05) is 0 Å². The van der Waals surface area contributed by atoms with Crippen LogP contribution in [0.2, 0.25) is 10.0 Å². The van der Waals surface area contributed by atoms with Crippen LogP contribution in [0.15, 0.2) is 42.6 Å². The van der Waals surface area contributed by atoms with Crippen molar-refractivity contribution in [3.05, 3.63) is 70.0 Å². The summed E-state index contributed by atoms with van der Waals surface area (Å²) in [5.74, 6) is -3.27. The van der Waals surface area contributed by atoms with E-state index in [0.717, 1.165) is 17.0 Å². The number of hydrogen-bond acceptors (Lipinski definition) is 4. The molecule has 0 fully saturated rings. The summed E-state index contributed by atoms with van der Waals surface area (Å²) in [5.41, 5.74) is 1.07. The van der Waals surface area contributed by atoms with Crippen molar-refractivity contribution in [2.45, 2.75) is 12.8 Å². The van der Waals surface area contributed by atoms with E-state index in [1.165, 1.54) is 24.4 Å². The fourth-order valence-corrected chi connectivity index (χ4v) is 3.78. The Labute approximate surface area is 185 Å². The average Bonchev–Trinajstić information content (AvgIpc) is 2.80. The predicted octanol–water partition coefficient (Wildman–Crippen LogP) is 4.82. The molecule has 4 rings (SSSR count). The number of benzene rings is 2. The summed E-state index contributed by atoms with van der Waals surface area (Å²) < 4.78 is 28.6. The first-order valence-electron chi connectivity index (χ1n) is 9.13. The summed E-state index contributed by atoms with van der Waals surface area (Å²) >= 11 is 11.7. The van der Waals surface area contributed by atoms with E-state index in [1.54, 1.807) is 13.0 Å². The van der Waals surface area contributed by atoms with E-state index in [2.05, 4.69) is 15.5 Å². The van der Waals surface area contributed by atoms with Crippen molar-refractivity contribution < 1.29 is 18.4 Å². The van der Waals surface area contributed by atoms with Gasteiger partial charge in [-0.15, -0.1) is 0 Å². The molecular formula is C21H14Cl2F2N4O2. The second kappa shape index (κ2) is 8.20. The second-order valence-corrected chi connectivity index (χ2v) is 7.78. The number of hydrogen-bond donors (Lipinski definition) is 1. The molecule has 0 spiro atoms. The van der Waals surface area contributed by atoms with E-state index in [-0.39, 0.29) is 32.7 Å². The highest BCUT2D eigenvalue weighted by Gasteiger charge is 2.35. The quantitative estimate of drug-likeness (QED) is 0.605. The topological polar surface area (TPSA) is 75.2 Å². The Bertz CT molecular complexity index is 1220. The van der Waals surface area contributed by atoms with E-state index >= 15 is 0 Å². The summed E-state index contributed by atoms with van der Waals surface area (Å²) in [4.78, 5) is 27.0. The van der Waals surface area contributed by atoms with Crippen LogP contribution in [-0.2, 0) is 9.59 Å². The molecule has 1 aromatic heterocycles. The van der Waals surface area contributed by atoms with Crippen molar-refractivity contribution in [1.82, 2.24) is 10.2 Å². The Balaban J connectivity index is 1.75. The highest BCUT2D eigenvalue weighted by Crippen LogP contribution is 2.42. The van der Waals surface area contributed by atoms with Gasteiger partial charge in [-0.2, -0.15) is 10.2 Å². The molecule has 6 nitrogen and oxygen atoms in total. The Morgan fingerprint density at radius 3 is 2.68 bits per heavy atom. The van der Waals surface area contributed by atoms with Crippen LogP contribution in [0.5, 0.6) is 0 Å². The summed E-state index contributed by atoms with van der Waals surface area (Å²) in [6, 6.07) is 7.87. The third-order valence-electron chi connectivity index (χ3n) is 4.90. The van der Waals surface area contributed by atoms with E-state index in [9.17, 15) is 18.4 Å². The van der Waals surface area contributed by atoms with Gasteiger partial charge in [0.1, 0.15) is 18.2 Å². The molecule has 1 atom stereocenters. The van der Waals surface area contributed by atoms with Crippen molar-refractivity contribution in [2.75, 3.05) is 16.8 Å². The third kappa shape index (κ3) is 3.96. The molecule has 1 aliphatic rings. The van der Waals surface area contributed by atoms with Gasteiger partial charge < -0.3 is 10.2 Å². The maximum Gasteiger partial charge on any atom is 0.244 e. The number of anilines is 2. The number of nitrogens with zero attached hydrogens (tertiary/aromatic N) is 3. The molecule has 0 aliphatic carbocycles. The molecule has 1 N–H and O–H groups in total. The maximum atomic E-state index is 15.0. The zero-order chi connectivity index (χ0) is 22.3. The van der Waals surface area contributed by atoms with Gasteiger partial charge in [0, 0.05) is 21.8 Å². The van der Waals surface area contributed by atoms with Gasteiger partial charge in [0.15, 0.2) is 0 Å². The van der Waals surface area contributed by atoms with Crippen molar-refractivity contribution in [2.24, 2.45) is 0 Å². The highest BCUT2D eigenvalue weighted by atomic mass is 35.5. The maximum absolute atomic E-state index is 15.0. The molecule has 0 saturated heterocycles. The molecule has 0 bridgehead atoms. The number of carbonyl (C=O) groups excluding carboxylic acids is 2. The van der Waals surface area contributed by atoms with E-state index < -0.39 is 35.9 Å². The lowest BCUT2D eigenvalue weighted by atomic mass is 9.98. The molecule has 2 amide bonds. The molecule has 3 aromatic rings. The number of rotatable bonds is 3. The fraction of sp³-hybridized carbons (Fsp3) is 0.143. The van der Waals surface area contributed by atoms with Crippen LogP contribution >= 0.6 is 23.2 Å². The van der Waals surface area contributed by atoms with Crippen LogP contribution in [0.4, 0.5) is 20.2 Å². The van der Waals surface area contributed by atoms with Crippen LogP contribution in [-0.4, -0.2) is 28.6 Å². The van der Waals surface area contributed by atoms with Crippen molar-refractivity contribution in [1.29, 1.82) is 0 Å². The standard InChI is InChI=1S/C21H14Cl2F2N4O2/c1-10-20-13(4-5-26-28-20)19-16(25)6-11(22)7-17(19)29(21(10)31)9-18(30)27-12-2-3-14(23)15(24)8-12/h2-8,10H,9H2,1H3,(H,27,30). The van der Waals surface area contributed by atoms with Gasteiger partial charge in [0.05, 0.1) is 28.5 Å². The Morgan fingerprint density at radius 1 is 1.16 bits per heavy atom. The lowest BCUT2D eigenvalue weighted by molar-refractivity contribution is -0.122. The summed E-state index contributed by atoms with van der Waals surface area (Å²) in [7, 11) is 0. The van der Waals surface area contributed by atoms with Crippen LogP contribution in [0, 0.1) is 11.6 Å². The number of amides is 2. The molecule has 10 heteroatoms. The largest absolute Gasteiger partial charge is 0.324 e. The number of aromatic nitrogens is 2. The van der Waals surface area contributed by atoms with Crippen molar-refractivity contribution in [3.63, 3.8) is 0 Å². The van der Waals surface area contributed by atoms with Gasteiger partial charge in [0.25, 0.3) is 0 Å². The lowest BCUT2D eigenvalue weighted by Gasteiger charge is -2.24. The van der Waals surface area contributed by atoms with Gasteiger partial charge in [-0.05, 0) is 43.3 Å². The van der Waals surface area contributed by atoms with E-state index in [0.29, 0.717) is 5.56 Å². The predicted molar refractivity (Wildman–Crippen MR) is 113 cm³/mol. The van der Waals surface area contributed by atoms with Crippen molar-refractivity contribution in [3.8, 4) is 11.1 Å². The zero-order valence-corrected chi connectivity index (χ0v) is 17.5. The number of fused-ring (bicyclic) bond motifs is 3. The van der Waals surface area contributed by atoms with Crippen LogP contribution < -0.4 is 10.2 Å². The highest BCUT2D eigenvalue weighted by molar-refractivity contribution is 6.31. The Kier molecular flexibility index (Phi) is 5.60.